The number of carbonyl (C=O) groups excluding carboxylic acids is 2. The zero-order valence-corrected chi connectivity index (χ0v) is 21.9. The zero-order chi connectivity index (χ0) is 25.5. The Hall–Kier alpha value is -3.33. The minimum atomic E-state index is -0.323. The van der Waals surface area contributed by atoms with Crippen LogP contribution in [0.5, 0.6) is 5.75 Å². The Labute approximate surface area is 210 Å². The molecule has 2 aromatic carbocycles. The van der Waals surface area contributed by atoms with E-state index in [-0.39, 0.29) is 29.5 Å². The summed E-state index contributed by atoms with van der Waals surface area (Å²) in [5.41, 5.74) is 3.35. The predicted molar refractivity (Wildman–Crippen MR) is 139 cm³/mol. The lowest BCUT2D eigenvalue weighted by atomic mass is 10.0. The van der Waals surface area contributed by atoms with Gasteiger partial charge in [0.2, 0.25) is 5.91 Å². The molecule has 1 atom stereocenters. The second-order valence-electron chi connectivity index (χ2n) is 8.69. The summed E-state index contributed by atoms with van der Waals surface area (Å²) >= 11 is 1.31. The van der Waals surface area contributed by atoms with E-state index in [1.165, 1.54) is 11.8 Å². The molecule has 1 heterocycles. The van der Waals surface area contributed by atoms with Crippen LogP contribution >= 0.6 is 11.8 Å². The molecule has 2 amide bonds. The number of methoxy groups -OCH3 is 1. The summed E-state index contributed by atoms with van der Waals surface area (Å²) in [5.74, 6) is 1.21. The van der Waals surface area contributed by atoms with Gasteiger partial charge in [-0.2, -0.15) is 0 Å². The van der Waals surface area contributed by atoms with Gasteiger partial charge in [-0.15, -0.1) is 10.2 Å². The number of thioether (sulfide) groups is 1. The van der Waals surface area contributed by atoms with Gasteiger partial charge in [0, 0.05) is 12.1 Å². The maximum Gasteiger partial charge on any atom is 0.251 e. The van der Waals surface area contributed by atoms with Gasteiger partial charge < -0.3 is 19.9 Å². The van der Waals surface area contributed by atoms with Crippen LogP contribution in [-0.4, -0.2) is 39.4 Å². The number of benzene rings is 2. The first-order chi connectivity index (χ1) is 16.7. The Balaban J connectivity index is 1.72. The van der Waals surface area contributed by atoms with Crippen LogP contribution < -0.4 is 15.4 Å². The molecule has 0 radical (unpaired) electrons. The lowest BCUT2D eigenvalue weighted by molar-refractivity contribution is -0.113. The molecular formula is C26H33N5O3S. The molecule has 0 saturated carbocycles. The van der Waals surface area contributed by atoms with Crippen LogP contribution in [0.2, 0.25) is 0 Å². The molecular weight excluding hydrogens is 462 g/mol. The van der Waals surface area contributed by atoms with Crippen molar-refractivity contribution in [2.45, 2.75) is 52.4 Å². The van der Waals surface area contributed by atoms with E-state index < -0.39 is 0 Å². The van der Waals surface area contributed by atoms with E-state index in [4.69, 9.17) is 4.74 Å². The molecule has 0 bridgehead atoms. The van der Waals surface area contributed by atoms with Crippen LogP contribution in [0.15, 0.2) is 47.6 Å². The van der Waals surface area contributed by atoms with Gasteiger partial charge in [-0.25, -0.2) is 0 Å². The van der Waals surface area contributed by atoms with Gasteiger partial charge in [0.25, 0.3) is 5.91 Å². The molecule has 0 aliphatic carbocycles. The van der Waals surface area contributed by atoms with Crippen LogP contribution in [-0.2, 0) is 11.3 Å². The molecule has 0 saturated heterocycles. The van der Waals surface area contributed by atoms with Crippen LogP contribution in [0.25, 0.3) is 0 Å². The van der Waals surface area contributed by atoms with E-state index in [9.17, 15) is 9.59 Å². The van der Waals surface area contributed by atoms with Crippen LogP contribution in [0.4, 0.5) is 5.69 Å². The lowest BCUT2D eigenvalue weighted by Gasteiger charge is -2.22. The molecule has 8 nitrogen and oxygen atoms in total. The van der Waals surface area contributed by atoms with Gasteiger partial charge in [-0.1, -0.05) is 49.4 Å². The van der Waals surface area contributed by atoms with Gasteiger partial charge in [0.05, 0.1) is 24.6 Å². The first-order valence-electron chi connectivity index (χ1n) is 11.6. The Morgan fingerprint density at radius 2 is 1.74 bits per heavy atom. The Bertz CT molecular complexity index is 1170. The van der Waals surface area contributed by atoms with E-state index in [1.807, 2.05) is 81.7 Å². The fourth-order valence-electron chi connectivity index (χ4n) is 3.63. The van der Waals surface area contributed by atoms with Crippen molar-refractivity contribution in [3.63, 3.8) is 0 Å². The average molecular weight is 496 g/mol. The fraction of sp³-hybridized carbons (Fsp3) is 0.385. The van der Waals surface area contributed by atoms with E-state index in [2.05, 4.69) is 20.8 Å². The standard InChI is InChI=1S/C26H33N5O3S/c1-7-31-24(23(16(2)3)28-25(33)19-11-8-17(4)9-12-19)29-30-26(31)35-15-22(32)27-20-14-18(5)10-13-21(20)34-6/h8-14,16,23H,7,15H2,1-6H3,(H,27,32)(H,28,33)/t23-/m0/s1. The summed E-state index contributed by atoms with van der Waals surface area (Å²) in [7, 11) is 1.57. The maximum atomic E-state index is 12.9. The molecule has 0 fully saturated rings. The normalized spacial score (nSPS) is 11.9. The molecule has 1 aromatic heterocycles. The summed E-state index contributed by atoms with van der Waals surface area (Å²) in [6, 6.07) is 12.8. The smallest absolute Gasteiger partial charge is 0.251 e. The second kappa shape index (κ2) is 11.9. The van der Waals surface area contributed by atoms with Crippen LogP contribution in [0.3, 0.4) is 0 Å². The Kier molecular flexibility index (Phi) is 8.92. The summed E-state index contributed by atoms with van der Waals surface area (Å²) in [6.07, 6.45) is 0. The van der Waals surface area contributed by atoms with Crippen LogP contribution in [0.1, 0.15) is 54.1 Å². The van der Waals surface area contributed by atoms with Crippen LogP contribution in [0, 0.1) is 19.8 Å². The summed E-state index contributed by atoms with van der Waals surface area (Å²) in [6.45, 7) is 10.6. The Morgan fingerprint density at radius 3 is 2.37 bits per heavy atom. The highest BCUT2D eigenvalue weighted by molar-refractivity contribution is 7.99. The van der Waals surface area contributed by atoms with Crippen molar-refractivity contribution in [1.82, 2.24) is 20.1 Å². The van der Waals surface area contributed by atoms with Gasteiger partial charge in [-0.05, 0) is 56.5 Å². The number of anilines is 1. The zero-order valence-electron chi connectivity index (χ0n) is 21.1. The molecule has 0 spiro atoms. The highest BCUT2D eigenvalue weighted by atomic mass is 32.2. The summed E-state index contributed by atoms with van der Waals surface area (Å²) in [5, 5.41) is 15.4. The predicted octanol–water partition coefficient (Wildman–Crippen LogP) is 4.78. The maximum absolute atomic E-state index is 12.9. The number of amides is 2. The first-order valence-corrected chi connectivity index (χ1v) is 12.6. The van der Waals surface area contributed by atoms with Gasteiger partial charge in [0.1, 0.15) is 5.75 Å². The monoisotopic (exact) mass is 495 g/mol. The van der Waals surface area contributed by atoms with E-state index >= 15 is 0 Å². The number of aryl methyl sites for hydroxylation is 2. The van der Waals surface area contributed by atoms with E-state index in [0.29, 0.717) is 34.5 Å². The number of nitrogens with zero attached hydrogens (tertiary/aromatic N) is 3. The molecule has 2 N–H and O–H groups in total. The fourth-order valence-corrected chi connectivity index (χ4v) is 4.44. The van der Waals surface area contributed by atoms with Crippen molar-refractivity contribution in [1.29, 1.82) is 0 Å². The number of rotatable bonds is 10. The quantitative estimate of drug-likeness (QED) is 0.393. The van der Waals surface area contributed by atoms with E-state index in [1.54, 1.807) is 7.11 Å². The first kappa shape index (κ1) is 26.3. The largest absolute Gasteiger partial charge is 0.495 e. The van der Waals surface area contributed by atoms with Crippen molar-refractivity contribution in [2.24, 2.45) is 5.92 Å². The molecule has 35 heavy (non-hydrogen) atoms. The highest BCUT2D eigenvalue weighted by Crippen LogP contribution is 2.27. The summed E-state index contributed by atoms with van der Waals surface area (Å²) in [4.78, 5) is 25.5. The molecule has 0 aliphatic rings. The average Bonchev–Trinajstić information content (AvgIpc) is 3.24. The third-order valence-electron chi connectivity index (χ3n) is 5.57. The molecule has 0 aliphatic heterocycles. The molecule has 3 rings (SSSR count). The number of ether oxygens (including phenoxy) is 1. The highest BCUT2D eigenvalue weighted by Gasteiger charge is 2.26. The molecule has 3 aromatic rings. The second-order valence-corrected chi connectivity index (χ2v) is 9.63. The minimum absolute atomic E-state index is 0.0915. The van der Waals surface area contributed by atoms with Crippen molar-refractivity contribution < 1.29 is 14.3 Å². The van der Waals surface area contributed by atoms with Crippen molar-refractivity contribution in [2.75, 3.05) is 18.2 Å². The number of hydrogen-bond acceptors (Lipinski definition) is 6. The topological polar surface area (TPSA) is 98.1 Å². The number of nitrogens with one attached hydrogen (secondary N) is 2. The van der Waals surface area contributed by atoms with Crippen molar-refractivity contribution in [3.05, 3.63) is 65.0 Å². The SMILES string of the molecule is CCn1c(SCC(=O)Nc2cc(C)ccc2OC)nnc1[C@@H](NC(=O)c1ccc(C)cc1)C(C)C. The van der Waals surface area contributed by atoms with Crippen molar-refractivity contribution in [3.8, 4) is 5.75 Å². The molecule has 0 unspecified atom stereocenters. The minimum Gasteiger partial charge on any atom is -0.495 e. The third-order valence-corrected chi connectivity index (χ3v) is 6.54. The molecule has 186 valence electrons. The van der Waals surface area contributed by atoms with E-state index in [0.717, 1.165) is 11.1 Å². The summed E-state index contributed by atoms with van der Waals surface area (Å²) < 4.78 is 7.29. The lowest BCUT2D eigenvalue weighted by Crippen LogP contribution is -2.33. The Morgan fingerprint density at radius 1 is 1.06 bits per heavy atom. The number of hydrogen-bond donors (Lipinski definition) is 2. The van der Waals surface area contributed by atoms with Gasteiger partial charge in [0.15, 0.2) is 11.0 Å². The van der Waals surface area contributed by atoms with Gasteiger partial charge in [-0.3, -0.25) is 9.59 Å². The third kappa shape index (κ3) is 6.63. The van der Waals surface area contributed by atoms with Crippen molar-refractivity contribution >= 4 is 29.3 Å². The van der Waals surface area contributed by atoms with Gasteiger partial charge >= 0.3 is 0 Å². The number of aromatic nitrogens is 3. The number of carbonyl (C=O) groups is 2. The molecule has 9 heteroatoms.